The molecule has 1 saturated heterocycles. The van der Waals surface area contributed by atoms with E-state index in [4.69, 9.17) is 0 Å². The second-order valence-electron chi connectivity index (χ2n) is 5.59. The molecule has 0 spiro atoms. The largest absolute Gasteiger partial charge is 0.339 e. The van der Waals surface area contributed by atoms with Gasteiger partial charge in [-0.05, 0) is 44.4 Å². The highest BCUT2D eigenvalue weighted by molar-refractivity contribution is 5.97. The number of benzene rings is 1. The maximum atomic E-state index is 12.5. The third kappa shape index (κ3) is 2.45. The second kappa shape index (κ2) is 5.79. The highest BCUT2D eigenvalue weighted by Crippen LogP contribution is 2.16. The Morgan fingerprint density at radius 3 is 2.59 bits per heavy atom. The average molecular weight is 301 g/mol. The van der Waals surface area contributed by atoms with Gasteiger partial charge in [-0.2, -0.15) is 0 Å². The molecule has 6 heteroatoms. The van der Waals surface area contributed by atoms with E-state index in [-0.39, 0.29) is 5.91 Å². The topological polar surface area (TPSA) is 75.2 Å². The lowest BCUT2D eigenvalue weighted by Gasteiger charge is -2.26. The summed E-state index contributed by atoms with van der Waals surface area (Å²) in [7, 11) is 0. The molecule has 6 nitrogen and oxygen atoms in total. The molecule has 2 aromatic rings. The number of H-pyrrole nitrogens is 1. The smallest absolute Gasteiger partial charge is 0.316 e. The molecule has 3 rings (SSSR count). The molecule has 1 aromatic carbocycles. The van der Waals surface area contributed by atoms with Crippen molar-refractivity contribution in [2.24, 2.45) is 0 Å². The zero-order valence-corrected chi connectivity index (χ0v) is 12.6. The van der Waals surface area contributed by atoms with E-state index in [0.29, 0.717) is 23.1 Å². The van der Waals surface area contributed by atoms with Gasteiger partial charge in [-0.15, -0.1) is 0 Å². The number of aromatic amines is 1. The monoisotopic (exact) mass is 301 g/mol. The number of likely N-dealkylation sites (tertiary alicyclic amines) is 1. The zero-order valence-electron chi connectivity index (χ0n) is 12.6. The summed E-state index contributed by atoms with van der Waals surface area (Å²) in [6, 6.07) is 5.12. The zero-order chi connectivity index (χ0) is 15.7. The van der Waals surface area contributed by atoms with E-state index in [1.54, 1.807) is 18.2 Å². The fourth-order valence-electron chi connectivity index (χ4n) is 3.01. The van der Waals surface area contributed by atoms with Crippen LogP contribution in [0.3, 0.4) is 0 Å². The van der Waals surface area contributed by atoms with Gasteiger partial charge < -0.3 is 14.5 Å². The minimum Gasteiger partial charge on any atom is -0.339 e. The van der Waals surface area contributed by atoms with Crippen molar-refractivity contribution < 1.29 is 4.79 Å². The molecule has 116 valence electrons. The summed E-state index contributed by atoms with van der Waals surface area (Å²) < 4.78 is 1.42. The molecule has 2 heterocycles. The maximum absolute atomic E-state index is 12.5. The SMILES string of the molecule is CCn1c(=O)c(=O)[nH]c2cc(C(=O)N3CCCCC3)ccc21. The Hall–Kier alpha value is -2.37. The first-order valence-electron chi connectivity index (χ1n) is 7.68. The Balaban J connectivity index is 2.06. The first kappa shape index (κ1) is 14.6. The van der Waals surface area contributed by atoms with E-state index in [9.17, 15) is 14.4 Å². The van der Waals surface area contributed by atoms with E-state index in [2.05, 4.69) is 4.98 Å². The molecule has 0 unspecified atom stereocenters. The van der Waals surface area contributed by atoms with E-state index >= 15 is 0 Å². The molecule has 1 amide bonds. The molecule has 0 atom stereocenters. The maximum Gasteiger partial charge on any atom is 0.316 e. The first-order chi connectivity index (χ1) is 10.6. The molecule has 22 heavy (non-hydrogen) atoms. The summed E-state index contributed by atoms with van der Waals surface area (Å²) in [6.07, 6.45) is 3.23. The van der Waals surface area contributed by atoms with Gasteiger partial charge in [0.1, 0.15) is 0 Å². The highest BCUT2D eigenvalue weighted by Gasteiger charge is 2.19. The van der Waals surface area contributed by atoms with Crippen molar-refractivity contribution in [1.82, 2.24) is 14.5 Å². The number of nitrogens with one attached hydrogen (secondary N) is 1. The Morgan fingerprint density at radius 1 is 1.18 bits per heavy atom. The Morgan fingerprint density at radius 2 is 1.91 bits per heavy atom. The van der Waals surface area contributed by atoms with Crippen LogP contribution in [-0.2, 0) is 6.54 Å². The predicted molar refractivity (Wildman–Crippen MR) is 84.3 cm³/mol. The molecule has 1 fully saturated rings. The van der Waals surface area contributed by atoms with Crippen LogP contribution in [0.4, 0.5) is 0 Å². The van der Waals surface area contributed by atoms with Crippen LogP contribution in [0, 0.1) is 0 Å². The number of hydrogen-bond donors (Lipinski definition) is 1. The van der Waals surface area contributed by atoms with Gasteiger partial charge in [-0.3, -0.25) is 14.4 Å². The van der Waals surface area contributed by atoms with E-state index in [1.807, 2.05) is 11.8 Å². The molecule has 1 aromatic heterocycles. The molecule has 1 N–H and O–H groups in total. The van der Waals surface area contributed by atoms with Crippen molar-refractivity contribution in [3.8, 4) is 0 Å². The van der Waals surface area contributed by atoms with Gasteiger partial charge in [0.2, 0.25) is 0 Å². The Bertz CT molecular complexity index is 829. The number of nitrogens with zero attached hydrogens (tertiary/aromatic N) is 2. The van der Waals surface area contributed by atoms with Crippen molar-refractivity contribution in [2.75, 3.05) is 13.1 Å². The van der Waals surface area contributed by atoms with E-state index in [1.165, 1.54) is 4.57 Å². The molecule has 0 radical (unpaired) electrons. The average Bonchev–Trinajstić information content (AvgIpc) is 2.56. The number of carbonyl (C=O) groups excluding carboxylic acids is 1. The predicted octanol–water partition coefficient (Wildman–Crippen LogP) is 1.34. The van der Waals surface area contributed by atoms with Gasteiger partial charge in [0.15, 0.2) is 0 Å². The van der Waals surface area contributed by atoms with Gasteiger partial charge in [-0.25, -0.2) is 0 Å². The van der Waals surface area contributed by atoms with Gasteiger partial charge >= 0.3 is 11.1 Å². The molecular weight excluding hydrogens is 282 g/mol. The Kier molecular flexibility index (Phi) is 3.83. The highest BCUT2D eigenvalue weighted by atomic mass is 16.2. The van der Waals surface area contributed by atoms with Crippen molar-refractivity contribution >= 4 is 16.9 Å². The van der Waals surface area contributed by atoms with Crippen molar-refractivity contribution in [1.29, 1.82) is 0 Å². The number of piperidine rings is 1. The second-order valence-corrected chi connectivity index (χ2v) is 5.59. The minimum absolute atomic E-state index is 0.0169. The van der Waals surface area contributed by atoms with Crippen molar-refractivity contribution in [3.05, 3.63) is 44.5 Å². The summed E-state index contributed by atoms with van der Waals surface area (Å²) in [4.78, 5) is 40.5. The molecule has 0 aliphatic carbocycles. The number of amides is 1. The van der Waals surface area contributed by atoms with Gasteiger partial charge in [0, 0.05) is 25.2 Å². The number of carbonyl (C=O) groups is 1. The van der Waals surface area contributed by atoms with Crippen LogP contribution >= 0.6 is 0 Å². The van der Waals surface area contributed by atoms with Gasteiger partial charge in [0.05, 0.1) is 11.0 Å². The van der Waals surface area contributed by atoms with E-state index in [0.717, 1.165) is 32.4 Å². The van der Waals surface area contributed by atoms with Crippen LogP contribution in [-0.4, -0.2) is 33.4 Å². The van der Waals surface area contributed by atoms with Crippen LogP contribution in [0.2, 0.25) is 0 Å². The quantitative estimate of drug-likeness (QED) is 0.850. The van der Waals surface area contributed by atoms with Crippen molar-refractivity contribution in [3.63, 3.8) is 0 Å². The Labute approximate surface area is 127 Å². The van der Waals surface area contributed by atoms with Crippen LogP contribution in [0.25, 0.3) is 11.0 Å². The standard InChI is InChI=1S/C16H19N3O3/c1-2-19-13-7-6-11(10-12(13)17-14(20)16(19)22)15(21)18-8-4-3-5-9-18/h6-7,10H,2-5,8-9H2,1H3,(H,17,20). The number of fused-ring (bicyclic) bond motifs is 1. The summed E-state index contributed by atoms with van der Waals surface area (Å²) in [5.74, 6) is -0.0169. The van der Waals surface area contributed by atoms with Crippen LogP contribution in [0.5, 0.6) is 0 Å². The minimum atomic E-state index is -0.656. The lowest BCUT2D eigenvalue weighted by Crippen LogP contribution is -2.37. The molecule has 0 bridgehead atoms. The summed E-state index contributed by atoms with van der Waals surface area (Å²) in [6.45, 7) is 3.79. The number of rotatable bonds is 2. The van der Waals surface area contributed by atoms with Crippen LogP contribution in [0.15, 0.2) is 27.8 Å². The van der Waals surface area contributed by atoms with Gasteiger partial charge in [-0.1, -0.05) is 0 Å². The third-order valence-electron chi connectivity index (χ3n) is 4.18. The first-order valence-corrected chi connectivity index (χ1v) is 7.68. The summed E-state index contributed by atoms with van der Waals surface area (Å²) >= 11 is 0. The number of aromatic nitrogens is 2. The summed E-state index contributed by atoms with van der Waals surface area (Å²) in [5.41, 5.74) is 0.491. The lowest BCUT2D eigenvalue weighted by atomic mass is 10.1. The van der Waals surface area contributed by atoms with Gasteiger partial charge in [0.25, 0.3) is 5.91 Å². The van der Waals surface area contributed by atoms with E-state index < -0.39 is 11.1 Å². The normalized spacial score (nSPS) is 15.2. The lowest BCUT2D eigenvalue weighted by molar-refractivity contribution is 0.0724. The molecule has 1 aliphatic heterocycles. The molecule has 0 saturated carbocycles. The fourth-order valence-corrected chi connectivity index (χ4v) is 3.01. The molecule has 1 aliphatic rings. The van der Waals surface area contributed by atoms with Crippen molar-refractivity contribution in [2.45, 2.75) is 32.7 Å². The third-order valence-corrected chi connectivity index (χ3v) is 4.18. The van der Waals surface area contributed by atoms with Crippen LogP contribution < -0.4 is 11.1 Å². The summed E-state index contributed by atoms with van der Waals surface area (Å²) in [5, 5.41) is 0. The number of hydrogen-bond acceptors (Lipinski definition) is 3. The van der Waals surface area contributed by atoms with Crippen LogP contribution in [0.1, 0.15) is 36.5 Å². The number of aryl methyl sites for hydroxylation is 1. The molecular formula is C16H19N3O3. The fraction of sp³-hybridized carbons (Fsp3) is 0.438.